The lowest BCUT2D eigenvalue weighted by Gasteiger charge is -2.06. The summed E-state index contributed by atoms with van der Waals surface area (Å²) in [5.74, 6) is 0.225. The summed E-state index contributed by atoms with van der Waals surface area (Å²) in [7, 11) is 0. The Kier molecular flexibility index (Phi) is 3.00. The fraction of sp³-hybridized carbons (Fsp3) is 0.333. The van der Waals surface area contributed by atoms with E-state index in [9.17, 15) is 4.79 Å². The minimum atomic E-state index is 0.225. The summed E-state index contributed by atoms with van der Waals surface area (Å²) in [6, 6.07) is 8.47. The van der Waals surface area contributed by atoms with E-state index in [0.717, 1.165) is 30.0 Å². The summed E-state index contributed by atoms with van der Waals surface area (Å²) >= 11 is 1.71. The molecule has 92 valence electrons. The smallest absolute Gasteiger partial charge is 0.182 e. The van der Waals surface area contributed by atoms with Gasteiger partial charge in [-0.3, -0.25) is 4.79 Å². The molecule has 0 N–H and O–H groups in total. The van der Waals surface area contributed by atoms with Crippen molar-refractivity contribution < 1.29 is 4.79 Å². The van der Waals surface area contributed by atoms with E-state index < -0.39 is 0 Å². The van der Waals surface area contributed by atoms with Crippen molar-refractivity contribution in [2.24, 2.45) is 0 Å². The van der Waals surface area contributed by atoms with Crippen molar-refractivity contribution >= 4 is 17.1 Å². The summed E-state index contributed by atoms with van der Waals surface area (Å²) in [5.41, 5.74) is 3.28. The van der Waals surface area contributed by atoms with Gasteiger partial charge in [-0.25, -0.2) is 4.98 Å². The maximum atomic E-state index is 11.7. The lowest BCUT2D eigenvalue weighted by Crippen LogP contribution is -2.08. The molecule has 0 saturated carbocycles. The van der Waals surface area contributed by atoms with E-state index in [4.69, 9.17) is 0 Å². The molecule has 3 heteroatoms. The zero-order valence-electron chi connectivity index (χ0n) is 10.4. The number of hydrogen-bond acceptors (Lipinski definition) is 3. The van der Waals surface area contributed by atoms with Gasteiger partial charge in [0.15, 0.2) is 5.78 Å². The predicted molar refractivity (Wildman–Crippen MR) is 73.4 cm³/mol. The van der Waals surface area contributed by atoms with Crippen LogP contribution in [-0.4, -0.2) is 10.8 Å². The first-order valence-corrected chi connectivity index (χ1v) is 7.11. The molecular formula is C15H15NOS. The molecule has 0 bridgehead atoms. The topological polar surface area (TPSA) is 30.0 Å². The zero-order chi connectivity index (χ0) is 12.5. The Balaban J connectivity index is 1.88. The molecule has 0 fully saturated rings. The lowest BCUT2D eigenvalue weighted by atomic mass is 10.0. The maximum absolute atomic E-state index is 11.7. The van der Waals surface area contributed by atoms with Crippen LogP contribution in [0.3, 0.4) is 0 Å². The van der Waals surface area contributed by atoms with Gasteiger partial charge >= 0.3 is 0 Å². The van der Waals surface area contributed by atoms with Crippen LogP contribution in [-0.2, 0) is 12.8 Å². The Labute approximate surface area is 111 Å². The number of carbonyl (C=O) groups excluding carboxylic acids is 1. The number of ketones is 1. The molecule has 1 aromatic heterocycles. The second-order valence-corrected chi connectivity index (χ2v) is 5.99. The number of rotatable bonds is 2. The minimum absolute atomic E-state index is 0.225. The molecule has 2 nitrogen and oxygen atoms in total. The summed E-state index contributed by atoms with van der Waals surface area (Å²) in [5, 5.41) is 1.07. The highest BCUT2D eigenvalue weighted by atomic mass is 32.1. The van der Waals surface area contributed by atoms with Gasteiger partial charge in [0.2, 0.25) is 0 Å². The molecule has 0 atom stereocenters. The molecule has 2 aromatic rings. The van der Waals surface area contributed by atoms with E-state index in [1.807, 2.05) is 0 Å². The van der Waals surface area contributed by atoms with Crippen LogP contribution in [0.2, 0.25) is 0 Å². The fourth-order valence-corrected chi connectivity index (χ4v) is 3.55. The van der Waals surface area contributed by atoms with Gasteiger partial charge in [0.05, 0.1) is 5.01 Å². The average molecular weight is 257 g/mol. The van der Waals surface area contributed by atoms with E-state index >= 15 is 0 Å². The van der Waals surface area contributed by atoms with Crippen LogP contribution in [0.1, 0.15) is 44.3 Å². The minimum Gasteiger partial charge on any atom is -0.292 e. The highest BCUT2D eigenvalue weighted by Crippen LogP contribution is 2.28. The standard InChI is InChI=1S/C15H15NOS/c1-10-4-2-5-11(8-10)9-14-16-15-12(17)6-3-7-13(15)18-14/h2,4-5,8H,3,6-7,9H2,1H3. The Bertz CT molecular complexity index is 600. The monoisotopic (exact) mass is 257 g/mol. The van der Waals surface area contributed by atoms with Gasteiger partial charge in [-0.2, -0.15) is 0 Å². The number of aryl methyl sites for hydroxylation is 2. The number of Topliss-reactive ketones (excluding diaryl/α,β-unsaturated/α-hetero) is 1. The SMILES string of the molecule is Cc1cccc(Cc2nc3c(s2)CCCC3=O)c1. The van der Waals surface area contributed by atoms with Gasteiger partial charge < -0.3 is 0 Å². The summed E-state index contributed by atoms with van der Waals surface area (Å²) in [6.45, 7) is 2.10. The molecule has 3 rings (SSSR count). The van der Waals surface area contributed by atoms with E-state index in [0.29, 0.717) is 6.42 Å². The Morgan fingerprint density at radius 1 is 1.33 bits per heavy atom. The number of carbonyl (C=O) groups is 1. The molecule has 1 aliphatic carbocycles. The third-order valence-electron chi connectivity index (χ3n) is 3.25. The second-order valence-electron chi connectivity index (χ2n) is 4.82. The molecular weight excluding hydrogens is 242 g/mol. The van der Waals surface area contributed by atoms with Crippen molar-refractivity contribution in [1.29, 1.82) is 0 Å². The molecule has 1 aliphatic rings. The Morgan fingerprint density at radius 3 is 3.00 bits per heavy atom. The molecule has 0 radical (unpaired) electrons. The van der Waals surface area contributed by atoms with Gasteiger partial charge in [0, 0.05) is 17.7 Å². The summed E-state index contributed by atoms with van der Waals surface area (Å²) in [4.78, 5) is 17.5. The summed E-state index contributed by atoms with van der Waals surface area (Å²) in [6.07, 6.45) is 3.51. The van der Waals surface area contributed by atoms with Gasteiger partial charge in [0.25, 0.3) is 0 Å². The van der Waals surface area contributed by atoms with Crippen LogP contribution in [0.15, 0.2) is 24.3 Å². The third kappa shape index (κ3) is 2.23. The van der Waals surface area contributed by atoms with Crippen molar-refractivity contribution in [2.45, 2.75) is 32.6 Å². The van der Waals surface area contributed by atoms with Crippen molar-refractivity contribution in [1.82, 2.24) is 4.98 Å². The predicted octanol–water partition coefficient (Wildman–Crippen LogP) is 3.56. The second kappa shape index (κ2) is 4.65. The molecule has 1 heterocycles. The number of nitrogens with zero attached hydrogens (tertiary/aromatic N) is 1. The van der Waals surface area contributed by atoms with Crippen molar-refractivity contribution in [2.75, 3.05) is 0 Å². The molecule has 0 amide bonds. The Hall–Kier alpha value is -1.48. The van der Waals surface area contributed by atoms with E-state index in [-0.39, 0.29) is 5.78 Å². The van der Waals surface area contributed by atoms with Crippen LogP contribution in [0, 0.1) is 6.92 Å². The van der Waals surface area contributed by atoms with Crippen molar-refractivity contribution in [3.05, 3.63) is 51.0 Å². The highest BCUT2D eigenvalue weighted by molar-refractivity contribution is 7.12. The molecule has 1 aromatic carbocycles. The molecule has 18 heavy (non-hydrogen) atoms. The number of fused-ring (bicyclic) bond motifs is 1. The van der Waals surface area contributed by atoms with Crippen LogP contribution < -0.4 is 0 Å². The van der Waals surface area contributed by atoms with Gasteiger partial charge in [-0.15, -0.1) is 11.3 Å². The van der Waals surface area contributed by atoms with Crippen molar-refractivity contribution in [3.63, 3.8) is 0 Å². The van der Waals surface area contributed by atoms with Crippen molar-refractivity contribution in [3.8, 4) is 0 Å². The van der Waals surface area contributed by atoms with Crippen LogP contribution in [0.25, 0.3) is 0 Å². The van der Waals surface area contributed by atoms with Gasteiger partial charge in [-0.1, -0.05) is 29.8 Å². The number of benzene rings is 1. The summed E-state index contributed by atoms with van der Waals surface area (Å²) < 4.78 is 0. The largest absolute Gasteiger partial charge is 0.292 e. The number of hydrogen-bond donors (Lipinski definition) is 0. The van der Waals surface area contributed by atoms with Gasteiger partial charge in [-0.05, 0) is 25.3 Å². The zero-order valence-corrected chi connectivity index (χ0v) is 11.2. The maximum Gasteiger partial charge on any atom is 0.182 e. The first kappa shape index (κ1) is 11.6. The van der Waals surface area contributed by atoms with Crippen LogP contribution in [0.4, 0.5) is 0 Å². The van der Waals surface area contributed by atoms with E-state index in [1.165, 1.54) is 16.0 Å². The number of aromatic nitrogens is 1. The average Bonchev–Trinajstić information content (AvgIpc) is 2.73. The molecule has 0 spiro atoms. The van der Waals surface area contributed by atoms with E-state index in [2.05, 4.69) is 36.2 Å². The Morgan fingerprint density at radius 2 is 2.22 bits per heavy atom. The first-order chi connectivity index (χ1) is 8.72. The van der Waals surface area contributed by atoms with Gasteiger partial charge in [0.1, 0.15) is 5.69 Å². The molecule has 0 unspecified atom stereocenters. The quantitative estimate of drug-likeness (QED) is 0.823. The first-order valence-electron chi connectivity index (χ1n) is 6.30. The molecule has 0 aliphatic heterocycles. The van der Waals surface area contributed by atoms with E-state index in [1.54, 1.807) is 11.3 Å². The lowest BCUT2D eigenvalue weighted by molar-refractivity contribution is 0.0968. The van der Waals surface area contributed by atoms with Crippen LogP contribution in [0.5, 0.6) is 0 Å². The molecule has 0 saturated heterocycles. The highest BCUT2D eigenvalue weighted by Gasteiger charge is 2.21. The third-order valence-corrected chi connectivity index (χ3v) is 4.37. The van der Waals surface area contributed by atoms with Crippen LogP contribution >= 0.6 is 11.3 Å². The number of thiazole rings is 1. The normalized spacial score (nSPS) is 14.6. The fourth-order valence-electron chi connectivity index (χ4n) is 2.39.